The number of hydrogen-bond donors (Lipinski definition) is 1. The number of hydrogen-bond acceptors (Lipinski definition) is 2. The number of aromatic nitrogens is 2. The van der Waals surface area contributed by atoms with Crippen molar-refractivity contribution in [3.63, 3.8) is 0 Å². The first-order chi connectivity index (χ1) is 14.8. The number of nitrogens with zero attached hydrogens (tertiary/aromatic N) is 3. The van der Waals surface area contributed by atoms with Crippen LogP contribution in [0.15, 0.2) is 73.2 Å². The summed E-state index contributed by atoms with van der Waals surface area (Å²) in [7, 11) is 0. The van der Waals surface area contributed by atoms with Crippen LogP contribution >= 0.6 is 12.2 Å². The lowest BCUT2D eigenvalue weighted by Crippen LogP contribution is -2.29. The van der Waals surface area contributed by atoms with Crippen molar-refractivity contribution in [3.8, 4) is 0 Å². The Morgan fingerprint density at radius 3 is 2.53 bits per heavy atom. The fraction of sp³-hybridized carbons (Fsp3) is 0.360. The van der Waals surface area contributed by atoms with Crippen LogP contribution in [0.1, 0.15) is 67.1 Å². The molecule has 5 rings (SSSR count). The van der Waals surface area contributed by atoms with Gasteiger partial charge in [-0.05, 0) is 54.4 Å². The molecule has 5 heteroatoms. The lowest BCUT2D eigenvalue weighted by molar-refractivity contribution is 0.309. The van der Waals surface area contributed by atoms with Crippen LogP contribution in [-0.4, -0.2) is 19.6 Å². The lowest BCUT2D eigenvalue weighted by atomic mass is 9.95. The minimum Gasteiger partial charge on any atom is -0.352 e. The highest BCUT2D eigenvalue weighted by atomic mass is 32.1. The van der Waals surface area contributed by atoms with Crippen molar-refractivity contribution in [3.05, 3.63) is 90.0 Å². The molecule has 0 amide bonds. The van der Waals surface area contributed by atoms with Gasteiger partial charge in [0.2, 0.25) is 0 Å². The second-order valence-corrected chi connectivity index (χ2v) is 8.81. The smallest absolute Gasteiger partial charge is 0.170 e. The van der Waals surface area contributed by atoms with Gasteiger partial charge in [0, 0.05) is 31.2 Å². The van der Waals surface area contributed by atoms with Crippen molar-refractivity contribution in [2.45, 2.75) is 56.8 Å². The zero-order valence-electron chi connectivity index (χ0n) is 17.2. The molecule has 2 atom stereocenters. The molecule has 1 saturated carbocycles. The summed E-state index contributed by atoms with van der Waals surface area (Å²) in [5, 5.41) is 4.36. The van der Waals surface area contributed by atoms with E-state index in [-0.39, 0.29) is 12.1 Å². The predicted molar refractivity (Wildman–Crippen MR) is 124 cm³/mol. The number of thiocarbonyl (C=S) groups is 1. The Kier molecular flexibility index (Phi) is 5.54. The Morgan fingerprint density at radius 1 is 0.967 bits per heavy atom. The summed E-state index contributed by atoms with van der Waals surface area (Å²) in [5.74, 6) is 0. The summed E-state index contributed by atoms with van der Waals surface area (Å²) >= 11 is 5.81. The highest BCUT2D eigenvalue weighted by molar-refractivity contribution is 7.80. The van der Waals surface area contributed by atoms with Crippen molar-refractivity contribution < 1.29 is 0 Å². The van der Waals surface area contributed by atoms with Crippen LogP contribution in [-0.2, 0) is 6.54 Å². The molecule has 1 aliphatic heterocycles. The van der Waals surface area contributed by atoms with Crippen LogP contribution in [0.2, 0.25) is 0 Å². The monoisotopic (exact) mass is 416 g/mol. The molecule has 0 spiro atoms. The van der Waals surface area contributed by atoms with Gasteiger partial charge in [-0.2, -0.15) is 0 Å². The van der Waals surface area contributed by atoms with E-state index in [9.17, 15) is 0 Å². The summed E-state index contributed by atoms with van der Waals surface area (Å²) < 4.78 is 2.44. The Morgan fingerprint density at radius 2 is 1.77 bits per heavy atom. The summed E-state index contributed by atoms with van der Waals surface area (Å²) in [6, 6.07) is 19.8. The van der Waals surface area contributed by atoms with Crippen LogP contribution in [0, 0.1) is 0 Å². The number of nitrogens with one attached hydrogen (secondary N) is 1. The predicted octanol–water partition coefficient (Wildman–Crippen LogP) is 5.56. The van der Waals surface area contributed by atoms with E-state index in [1.807, 2.05) is 12.3 Å². The SMILES string of the molecule is S=C1N[C@@H](c2ccccn2)[C@@H](c2ccn(C3CCCCC3)c2)N1Cc1ccccc1. The molecule has 1 saturated heterocycles. The number of rotatable bonds is 5. The van der Waals surface area contributed by atoms with Crippen LogP contribution in [0.4, 0.5) is 0 Å². The maximum Gasteiger partial charge on any atom is 0.170 e. The quantitative estimate of drug-likeness (QED) is 0.552. The third-order valence-electron chi connectivity index (χ3n) is 6.47. The van der Waals surface area contributed by atoms with Crippen molar-refractivity contribution in [2.24, 2.45) is 0 Å². The zero-order chi connectivity index (χ0) is 20.3. The van der Waals surface area contributed by atoms with E-state index < -0.39 is 0 Å². The van der Waals surface area contributed by atoms with Gasteiger partial charge in [-0.25, -0.2) is 0 Å². The molecule has 2 fully saturated rings. The molecule has 30 heavy (non-hydrogen) atoms. The van der Waals surface area contributed by atoms with Crippen molar-refractivity contribution in [1.82, 2.24) is 19.8 Å². The fourth-order valence-electron chi connectivity index (χ4n) is 4.93. The second kappa shape index (κ2) is 8.60. The second-order valence-electron chi connectivity index (χ2n) is 8.42. The maximum absolute atomic E-state index is 5.81. The summed E-state index contributed by atoms with van der Waals surface area (Å²) in [6.45, 7) is 0.787. The van der Waals surface area contributed by atoms with Crippen LogP contribution in [0.5, 0.6) is 0 Å². The van der Waals surface area contributed by atoms with Gasteiger partial charge in [0.05, 0.1) is 17.8 Å². The Hall–Kier alpha value is -2.66. The Bertz CT molecular complexity index is 979. The lowest BCUT2D eigenvalue weighted by Gasteiger charge is -2.28. The summed E-state index contributed by atoms with van der Waals surface area (Å²) in [6.07, 6.45) is 13.1. The van der Waals surface area contributed by atoms with E-state index >= 15 is 0 Å². The molecule has 0 unspecified atom stereocenters. The third-order valence-corrected chi connectivity index (χ3v) is 6.82. The van der Waals surface area contributed by atoms with Crippen LogP contribution in [0.3, 0.4) is 0 Å². The minimum absolute atomic E-state index is 0.0459. The molecular formula is C25H28N4S. The Labute approximate surface area is 183 Å². The van der Waals surface area contributed by atoms with Gasteiger partial charge in [-0.1, -0.05) is 55.7 Å². The van der Waals surface area contributed by atoms with E-state index in [2.05, 4.69) is 80.7 Å². The molecule has 4 nitrogen and oxygen atoms in total. The van der Waals surface area contributed by atoms with Crippen molar-refractivity contribution >= 4 is 17.3 Å². The van der Waals surface area contributed by atoms with Crippen molar-refractivity contribution in [2.75, 3.05) is 0 Å². The van der Waals surface area contributed by atoms with Gasteiger partial charge in [-0.15, -0.1) is 0 Å². The van der Waals surface area contributed by atoms with Crippen LogP contribution in [0.25, 0.3) is 0 Å². The van der Waals surface area contributed by atoms with Gasteiger partial charge >= 0.3 is 0 Å². The maximum atomic E-state index is 5.81. The molecule has 154 valence electrons. The molecule has 3 heterocycles. The standard InChI is InChI=1S/C25H28N4S/c30-25-27-23(22-13-7-8-15-26-22)24(29(25)17-19-9-3-1-4-10-19)20-14-16-28(18-20)21-11-5-2-6-12-21/h1,3-4,7-10,13-16,18,21,23-24H,2,5-6,11-12,17H2,(H,27,30)/t23-,24+/m0/s1. The first-order valence-corrected chi connectivity index (χ1v) is 11.4. The van der Waals surface area contributed by atoms with Gasteiger partial charge in [0.15, 0.2) is 5.11 Å². The van der Waals surface area contributed by atoms with E-state index in [4.69, 9.17) is 12.2 Å². The number of pyridine rings is 1. The highest BCUT2D eigenvalue weighted by Crippen LogP contribution is 2.40. The molecule has 0 bridgehead atoms. The Balaban J connectivity index is 1.49. The average molecular weight is 417 g/mol. The molecule has 2 aromatic heterocycles. The molecule has 3 aromatic rings. The first kappa shape index (κ1) is 19.3. The van der Waals surface area contributed by atoms with Gasteiger partial charge in [0.25, 0.3) is 0 Å². The highest BCUT2D eigenvalue weighted by Gasteiger charge is 2.40. The third kappa shape index (κ3) is 3.86. The van der Waals surface area contributed by atoms with Crippen LogP contribution < -0.4 is 5.32 Å². The topological polar surface area (TPSA) is 33.1 Å². The van der Waals surface area contributed by atoms with Gasteiger partial charge < -0.3 is 14.8 Å². The van der Waals surface area contributed by atoms with Gasteiger partial charge in [-0.3, -0.25) is 4.98 Å². The molecule has 0 radical (unpaired) electrons. The summed E-state index contributed by atoms with van der Waals surface area (Å²) in [5.41, 5.74) is 3.60. The van der Waals surface area contributed by atoms with E-state index in [1.54, 1.807) is 0 Å². The molecule has 1 aromatic carbocycles. The molecule has 1 aliphatic carbocycles. The first-order valence-electron chi connectivity index (χ1n) is 11.0. The van der Waals surface area contributed by atoms with E-state index in [1.165, 1.54) is 43.2 Å². The molecule has 2 aliphatic rings. The molecular weight excluding hydrogens is 388 g/mol. The summed E-state index contributed by atoms with van der Waals surface area (Å²) in [4.78, 5) is 6.98. The van der Waals surface area contributed by atoms with E-state index in [0.717, 1.165) is 17.4 Å². The van der Waals surface area contributed by atoms with Gasteiger partial charge in [0.1, 0.15) is 0 Å². The zero-order valence-corrected chi connectivity index (χ0v) is 18.0. The largest absolute Gasteiger partial charge is 0.352 e. The normalized spacial score (nSPS) is 22.3. The number of benzene rings is 1. The van der Waals surface area contributed by atoms with E-state index in [0.29, 0.717) is 6.04 Å². The van der Waals surface area contributed by atoms with Crippen molar-refractivity contribution in [1.29, 1.82) is 0 Å². The minimum atomic E-state index is 0.0459. The fourth-order valence-corrected chi connectivity index (χ4v) is 5.24. The average Bonchev–Trinajstić information content (AvgIpc) is 3.41. The molecule has 1 N–H and O–H groups in total.